The van der Waals surface area contributed by atoms with E-state index in [1.807, 2.05) is 6.92 Å². The Hall–Kier alpha value is -0.860. The first-order valence-corrected chi connectivity index (χ1v) is 5.00. The van der Waals surface area contributed by atoms with Gasteiger partial charge in [0, 0.05) is 18.7 Å². The highest BCUT2D eigenvalue weighted by Crippen LogP contribution is 2.10. The Bertz CT molecular complexity index is 199. The molecule has 0 aromatic carbocycles. The lowest BCUT2D eigenvalue weighted by molar-refractivity contribution is -0.143. The summed E-state index contributed by atoms with van der Waals surface area (Å²) in [5.41, 5.74) is 1.28. The summed E-state index contributed by atoms with van der Waals surface area (Å²) in [4.78, 5) is 15.3. The average Bonchev–Trinajstić information content (AvgIpc) is 2.57. The zero-order chi connectivity index (χ0) is 9.52. The molecule has 1 rings (SSSR count). The number of aliphatic imine (C=N–C) groups is 1. The standard InChI is InChI=1S/C10H17NO2/c1-2-13-10(12)7-3-5-9-6-4-8-11-9/h2-8H2,1H3. The summed E-state index contributed by atoms with van der Waals surface area (Å²) in [6.07, 6.45) is 4.71. The van der Waals surface area contributed by atoms with Crippen molar-refractivity contribution in [2.24, 2.45) is 4.99 Å². The van der Waals surface area contributed by atoms with Crippen LogP contribution in [0, 0.1) is 0 Å². The van der Waals surface area contributed by atoms with Gasteiger partial charge in [0.05, 0.1) is 6.61 Å². The van der Waals surface area contributed by atoms with Gasteiger partial charge in [-0.25, -0.2) is 0 Å². The van der Waals surface area contributed by atoms with Crippen LogP contribution in [0.15, 0.2) is 4.99 Å². The van der Waals surface area contributed by atoms with Gasteiger partial charge in [-0.1, -0.05) is 0 Å². The third-order valence-corrected chi connectivity index (χ3v) is 2.11. The number of rotatable bonds is 5. The molecule has 0 atom stereocenters. The van der Waals surface area contributed by atoms with Gasteiger partial charge in [-0.3, -0.25) is 9.79 Å². The Labute approximate surface area is 79.2 Å². The van der Waals surface area contributed by atoms with E-state index in [-0.39, 0.29) is 5.97 Å². The van der Waals surface area contributed by atoms with E-state index >= 15 is 0 Å². The van der Waals surface area contributed by atoms with E-state index in [2.05, 4.69) is 4.99 Å². The van der Waals surface area contributed by atoms with E-state index in [9.17, 15) is 4.79 Å². The van der Waals surface area contributed by atoms with Crippen LogP contribution in [-0.2, 0) is 9.53 Å². The molecular formula is C10H17NO2. The quantitative estimate of drug-likeness (QED) is 0.611. The molecule has 3 heteroatoms. The zero-order valence-electron chi connectivity index (χ0n) is 8.21. The van der Waals surface area contributed by atoms with Crippen molar-refractivity contribution in [3.05, 3.63) is 0 Å². The molecule has 0 unspecified atom stereocenters. The first-order valence-electron chi connectivity index (χ1n) is 5.00. The van der Waals surface area contributed by atoms with Gasteiger partial charge in [-0.15, -0.1) is 0 Å². The number of nitrogens with zero attached hydrogens (tertiary/aromatic N) is 1. The predicted molar refractivity (Wildman–Crippen MR) is 52.0 cm³/mol. The highest BCUT2D eigenvalue weighted by Gasteiger charge is 2.07. The minimum Gasteiger partial charge on any atom is -0.466 e. The summed E-state index contributed by atoms with van der Waals surface area (Å²) in [6, 6.07) is 0. The molecule has 0 amide bonds. The van der Waals surface area contributed by atoms with Crippen molar-refractivity contribution in [1.82, 2.24) is 0 Å². The maximum atomic E-state index is 11.0. The molecule has 1 aliphatic heterocycles. The molecule has 0 aromatic heterocycles. The molecule has 74 valence electrons. The molecule has 1 heterocycles. The van der Waals surface area contributed by atoms with Gasteiger partial charge in [0.2, 0.25) is 0 Å². The lowest BCUT2D eigenvalue weighted by Gasteiger charge is -2.01. The summed E-state index contributed by atoms with van der Waals surface area (Å²) in [5, 5.41) is 0. The molecule has 13 heavy (non-hydrogen) atoms. The van der Waals surface area contributed by atoms with Crippen molar-refractivity contribution in [2.75, 3.05) is 13.2 Å². The van der Waals surface area contributed by atoms with Gasteiger partial charge in [0.1, 0.15) is 0 Å². The largest absolute Gasteiger partial charge is 0.466 e. The summed E-state index contributed by atoms with van der Waals surface area (Å²) >= 11 is 0. The molecule has 0 aliphatic carbocycles. The van der Waals surface area contributed by atoms with E-state index < -0.39 is 0 Å². The number of ether oxygens (including phenoxy) is 1. The van der Waals surface area contributed by atoms with E-state index in [1.165, 1.54) is 12.1 Å². The monoisotopic (exact) mass is 183 g/mol. The first kappa shape index (κ1) is 10.2. The number of hydrogen-bond donors (Lipinski definition) is 0. The maximum absolute atomic E-state index is 11.0. The van der Waals surface area contributed by atoms with Gasteiger partial charge in [0.25, 0.3) is 0 Å². The second-order valence-electron chi connectivity index (χ2n) is 3.21. The number of hydrogen-bond acceptors (Lipinski definition) is 3. The van der Waals surface area contributed by atoms with Crippen molar-refractivity contribution in [1.29, 1.82) is 0 Å². The average molecular weight is 183 g/mol. The van der Waals surface area contributed by atoms with Crippen LogP contribution < -0.4 is 0 Å². The number of carbonyl (C=O) groups is 1. The summed E-state index contributed by atoms with van der Waals surface area (Å²) in [7, 11) is 0. The van der Waals surface area contributed by atoms with Gasteiger partial charge >= 0.3 is 5.97 Å². The smallest absolute Gasteiger partial charge is 0.305 e. The normalized spacial score (nSPS) is 15.6. The second-order valence-corrected chi connectivity index (χ2v) is 3.21. The molecule has 1 aliphatic rings. The molecule has 0 radical (unpaired) electrons. The van der Waals surface area contributed by atoms with E-state index in [0.717, 1.165) is 25.8 Å². The maximum Gasteiger partial charge on any atom is 0.305 e. The summed E-state index contributed by atoms with van der Waals surface area (Å²) in [5.74, 6) is -0.0823. The fraction of sp³-hybridized carbons (Fsp3) is 0.800. The van der Waals surface area contributed by atoms with Crippen LogP contribution >= 0.6 is 0 Å². The van der Waals surface area contributed by atoms with Gasteiger partial charge < -0.3 is 4.74 Å². The third-order valence-electron chi connectivity index (χ3n) is 2.11. The fourth-order valence-electron chi connectivity index (χ4n) is 1.47. The van der Waals surface area contributed by atoms with Crippen molar-refractivity contribution >= 4 is 11.7 Å². The molecule has 0 saturated carbocycles. The molecule has 0 saturated heterocycles. The highest BCUT2D eigenvalue weighted by molar-refractivity contribution is 5.86. The van der Waals surface area contributed by atoms with E-state index in [1.54, 1.807) is 0 Å². The highest BCUT2D eigenvalue weighted by atomic mass is 16.5. The Morgan fingerprint density at radius 1 is 1.62 bits per heavy atom. The third kappa shape index (κ3) is 4.06. The van der Waals surface area contributed by atoms with Gasteiger partial charge in [0.15, 0.2) is 0 Å². The molecule has 0 spiro atoms. The molecule has 0 fully saturated rings. The van der Waals surface area contributed by atoms with Crippen LogP contribution in [-0.4, -0.2) is 24.8 Å². The molecule has 3 nitrogen and oxygen atoms in total. The zero-order valence-corrected chi connectivity index (χ0v) is 8.21. The van der Waals surface area contributed by atoms with Crippen molar-refractivity contribution in [2.45, 2.75) is 39.0 Å². The van der Waals surface area contributed by atoms with Crippen LogP contribution in [0.5, 0.6) is 0 Å². The lowest BCUT2D eigenvalue weighted by atomic mass is 10.1. The Kier molecular flexibility index (Phi) is 4.50. The molecule has 0 N–H and O–H groups in total. The predicted octanol–water partition coefficient (Wildman–Crippen LogP) is 1.95. The van der Waals surface area contributed by atoms with Gasteiger partial charge in [-0.2, -0.15) is 0 Å². The lowest BCUT2D eigenvalue weighted by Crippen LogP contribution is -2.04. The van der Waals surface area contributed by atoms with Crippen LogP contribution in [0.4, 0.5) is 0 Å². The fourth-order valence-corrected chi connectivity index (χ4v) is 1.47. The summed E-state index contributed by atoms with van der Waals surface area (Å²) in [6.45, 7) is 3.30. The van der Waals surface area contributed by atoms with Crippen LogP contribution in [0.3, 0.4) is 0 Å². The Morgan fingerprint density at radius 3 is 3.08 bits per heavy atom. The number of carbonyl (C=O) groups excluding carboxylic acids is 1. The summed E-state index contributed by atoms with van der Waals surface area (Å²) < 4.78 is 4.83. The number of esters is 1. The minimum absolute atomic E-state index is 0.0823. The van der Waals surface area contributed by atoms with Gasteiger partial charge in [-0.05, 0) is 32.6 Å². The Balaban J connectivity index is 2.03. The van der Waals surface area contributed by atoms with E-state index in [4.69, 9.17) is 4.74 Å². The van der Waals surface area contributed by atoms with Crippen LogP contribution in [0.1, 0.15) is 39.0 Å². The molecule has 0 bridgehead atoms. The second kappa shape index (κ2) is 5.73. The Morgan fingerprint density at radius 2 is 2.46 bits per heavy atom. The topological polar surface area (TPSA) is 38.7 Å². The van der Waals surface area contributed by atoms with Crippen LogP contribution in [0.25, 0.3) is 0 Å². The first-order chi connectivity index (χ1) is 6.33. The molecule has 0 aromatic rings. The van der Waals surface area contributed by atoms with Crippen molar-refractivity contribution < 1.29 is 9.53 Å². The SMILES string of the molecule is CCOC(=O)CCCC1=NCCC1. The van der Waals surface area contributed by atoms with E-state index in [0.29, 0.717) is 13.0 Å². The van der Waals surface area contributed by atoms with Crippen LogP contribution in [0.2, 0.25) is 0 Å². The minimum atomic E-state index is -0.0823. The molecular weight excluding hydrogens is 166 g/mol. The van der Waals surface area contributed by atoms with Crippen molar-refractivity contribution in [3.63, 3.8) is 0 Å². The van der Waals surface area contributed by atoms with Crippen molar-refractivity contribution in [3.8, 4) is 0 Å².